The lowest BCUT2D eigenvalue weighted by atomic mass is 10.0. The van der Waals surface area contributed by atoms with Crippen molar-refractivity contribution in [2.75, 3.05) is 13.2 Å². The lowest BCUT2D eigenvalue weighted by Crippen LogP contribution is -2.30. The molecular weight excluding hydrogens is 745 g/mol. The number of carbonyl (C=O) groups excluding carboxylic acids is 3. The van der Waals surface area contributed by atoms with Gasteiger partial charge in [-0.2, -0.15) is 0 Å². The van der Waals surface area contributed by atoms with E-state index in [1.807, 2.05) is 0 Å². The molecule has 0 aromatic rings. The second-order valence-electron chi connectivity index (χ2n) is 17.8. The minimum absolute atomic E-state index is 0.0736. The van der Waals surface area contributed by atoms with E-state index in [1.54, 1.807) is 0 Å². The van der Waals surface area contributed by atoms with Gasteiger partial charge < -0.3 is 14.2 Å². The summed E-state index contributed by atoms with van der Waals surface area (Å²) >= 11 is 0. The third-order valence-corrected chi connectivity index (χ3v) is 11.7. The smallest absolute Gasteiger partial charge is 0.306 e. The monoisotopic (exact) mass is 845 g/mol. The minimum Gasteiger partial charge on any atom is -0.462 e. The highest BCUT2D eigenvalue weighted by Gasteiger charge is 2.19. The van der Waals surface area contributed by atoms with Gasteiger partial charge in [0.25, 0.3) is 0 Å². The van der Waals surface area contributed by atoms with Crippen LogP contribution >= 0.6 is 0 Å². The zero-order chi connectivity index (χ0) is 43.7. The molecule has 0 aliphatic heterocycles. The molecule has 1 atom stereocenters. The first-order valence-corrected chi connectivity index (χ1v) is 26.3. The molecule has 0 saturated carbocycles. The maximum absolute atomic E-state index is 12.8. The fraction of sp³-hybridized carbons (Fsp3) is 0.870. The fourth-order valence-electron chi connectivity index (χ4n) is 7.67. The van der Waals surface area contributed by atoms with Gasteiger partial charge in [0, 0.05) is 19.3 Å². The highest BCUT2D eigenvalue weighted by Crippen LogP contribution is 2.15. The van der Waals surface area contributed by atoms with Crippen LogP contribution in [0.5, 0.6) is 0 Å². The summed E-state index contributed by atoms with van der Waals surface area (Å²) in [5.74, 6) is -0.878. The van der Waals surface area contributed by atoms with Gasteiger partial charge in [0.1, 0.15) is 13.2 Å². The molecule has 0 spiro atoms. The van der Waals surface area contributed by atoms with Crippen LogP contribution in [-0.4, -0.2) is 37.2 Å². The van der Waals surface area contributed by atoms with Gasteiger partial charge in [0.05, 0.1) is 0 Å². The summed E-state index contributed by atoms with van der Waals surface area (Å²) in [5, 5.41) is 0. The highest BCUT2D eigenvalue weighted by atomic mass is 16.6. The van der Waals surface area contributed by atoms with Crippen molar-refractivity contribution in [3.05, 3.63) is 24.3 Å². The molecule has 6 nitrogen and oxygen atoms in total. The Labute approximate surface area is 373 Å². The van der Waals surface area contributed by atoms with Crippen molar-refractivity contribution in [3.8, 4) is 0 Å². The maximum atomic E-state index is 12.8. The lowest BCUT2D eigenvalue weighted by Gasteiger charge is -2.18. The van der Waals surface area contributed by atoms with Gasteiger partial charge in [-0.3, -0.25) is 14.4 Å². The van der Waals surface area contributed by atoms with Crippen LogP contribution in [0.2, 0.25) is 0 Å². The summed E-state index contributed by atoms with van der Waals surface area (Å²) in [7, 11) is 0. The molecule has 0 bridgehead atoms. The van der Waals surface area contributed by atoms with Crippen LogP contribution in [0.15, 0.2) is 24.3 Å². The van der Waals surface area contributed by atoms with Crippen molar-refractivity contribution in [2.45, 2.75) is 290 Å². The van der Waals surface area contributed by atoms with Crippen molar-refractivity contribution in [3.63, 3.8) is 0 Å². The van der Waals surface area contributed by atoms with Crippen molar-refractivity contribution < 1.29 is 28.6 Å². The number of rotatable bonds is 48. The second kappa shape index (κ2) is 49.5. The van der Waals surface area contributed by atoms with Crippen LogP contribution in [0.25, 0.3) is 0 Å². The molecule has 0 heterocycles. The summed E-state index contributed by atoms with van der Waals surface area (Å²) in [6.45, 7) is 6.63. The van der Waals surface area contributed by atoms with E-state index in [0.29, 0.717) is 19.3 Å². The molecule has 0 amide bonds. The SMILES string of the molecule is CCCCCCC/C=C\CCCCCCCC(=O)O[C@@H](COC(=O)CCCCCCC/C=C\CCCCCCCCC)COC(=O)CCCCCCCCCCCCCC. The Bertz CT molecular complexity index is 973. The molecule has 0 unspecified atom stereocenters. The molecule has 0 fully saturated rings. The summed E-state index contributed by atoms with van der Waals surface area (Å²) in [4.78, 5) is 37.9. The van der Waals surface area contributed by atoms with E-state index in [-0.39, 0.29) is 31.1 Å². The molecule has 352 valence electrons. The number of allylic oxidation sites excluding steroid dienone is 4. The van der Waals surface area contributed by atoms with E-state index >= 15 is 0 Å². The van der Waals surface area contributed by atoms with E-state index in [1.165, 1.54) is 173 Å². The van der Waals surface area contributed by atoms with Gasteiger partial charge in [0.2, 0.25) is 0 Å². The average molecular weight is 845 g/mol. The van der Waals surface area contributed by atoms with Crippen LogP contribution < -0.4 is 0 Å². The number of hydrogen-bond acceptors (Lipinski definition) is 6. The first-order valence-electron chi connectivity index (χ1n) is 26.3. The van der Waals surface area contributed by atoms with Crippen LogP contribution in [0.4, 0.5) is 0 Å². The zero-order valence-corrected chi connectivity index (χ0v) is 40.2. The van der Waals surface area contributed by atoms with Gasteiger partial charge in [-0.05, 0) is 70.6 Å². The molecule has 0 rings (SSSR count). The number of esters is 3. The molecule has 0 aliphatic carbocycles. The van der Waals surface area contributed by atoms with Crippen LogP contribution in [0.3, 0.4) is 0 Å². The molecule has 0 N–H and O–H groups in total. The quantitative estimate of drug-likeness (QED) is 0.0263. The Hall–Kier alpha value is -2.11. The van der Waals surface area contributed by atoms with Crippen LogP contribution in [0, 0.1) is 0 Å². The second-order valence-corrected chi connectivity index (χ2v) is 17.8. The number of unbranched alkanes of at least 4 members (excludes halogenated alkanes) is 33. The highest BCUT2D eigenvalue weighted by molar-refractivity contribution is 5.71. The predicted octanol–water partition coefficient (Wildman–Crippen LogP) is 17.2. The molecular formula is C54H100O6. The minimum atomic E-state index is -0.773. The van der Waals surface area contributed by atoms with Crippen molar-refractivity contribution in [2.24, 2.45) is 0 Å². The number of carbonyl (C=O) groups is 3. The number of ether oxygens (including phenoxy) is 3. The summed E-state index contributed by atoms with van der Waals surface area (Å²) in [6.07, 6.45) is 55.8. The van der Waals surface area contributed by atoms with E-state index < -0.39 is 6.10 Å². The Morgan fingerprint density at radius 2 is 0.550 bits per heavy atom. The maximum Gasteiger partial charge on any atom is 0.306 e. The normalized spacial score (nSPS) is 12.1. The van der Waals surface area contributed by atoms with Gasteiger partial charge in [0.15, 0.2) is 6.10 Å². The van der Waals surface area contributed by atoms with E-state index in [0.717, 1.165) is 70.6 Å². The molecule has 60 heavy (non-hydrogen) atoms. The summed E-state index contributed by atoms with van der Waals surface area (Å²) in [6, 6.07) is 0. The first-order chi connectivity index (χ1) is 29.5. The predicted molar refractivity (Wildman–Crippen MR) is 256 cm³/mol. The zero-order valence-electron chi connectivity index (χ0n) is 40.2. The standard InChI is InChI=1S/C54H100O6/c1-4-7-10-13-16-19-22-25-27-28-30-32-35-38-41-44-47-53(56)59-50-51(49-58-52(55)46-43-40-37-34-31-24-21-18-15-12-9-6-3)60-54(57)48-45-42-39-36-33-29-26-23-20-17-14-11-8-5-2/h23,26-28,51H,4-22,24-25,29-50H2,1-3H3/b26-23-,28-27-/t51-/m1/s1. The Morgan fingerprint density at radius 3 is 0.833 bits per heavy atom. The third kappa shape index (κ3) is 46.9. The molecule has 6 heteroatoms. The van der Waals surface area contributed by atoms with Gasteiger partial charge in [-0.25, -0.2) is 0 Å². The molecule has 0 saturated heterocycles. The van der Waals surface area contributed by atoms with Crippen molar-refractivity contribution in [1.29, 1.82) is 0 Å². The third-order valence-electron chi connectivity index (χ3n) is 11.7. The molecule has 0 aromatic heterocycles. The number of hydrogen-bond donors (Lipinski definition) is 0. The van der Waals surface area contributed by atoms with E-state index in [9.17, 15) is 14.4 Å². The average Bonchev–Trinajstić information content (AvgIpc) is 3.24. The summed E-state index contributed by atoms with van der Waals surface area (Å²) in [5.41, 5.74) is 0. The fourth-order valence-corrected chi connectivity index (χ4v) is 7.67. The first kappa shape index (κ1) is 57.9. The van der Waals surface area contributed by atoms with Crippen molar-refractivity contribution >= 4 is 17.9 Å². The van der Waals surface area contributed by atoms with Crippen LogP contribution in [-0.2, 0) is 28.6 Å². The van der Waals surface area contributed by atoms with Crippen molar-refractivity contribution in [1.82, 2.24) is 0 Å². The van der Waals surface area contributed by atoms with Gasteiger partial charge >= 0.3 is 17.9 Å². The Morgan fingerprint density at radius 1 is 0.317 bits per heavy atom. The Balaban J connectivity index is 4.36. The molecule has 0 aliphatic rings. The van der Waals surface area contributed by atoms with E-state index in [4.69, 9.17) is 14.2 Å². The largest absolute Gasteiger partial charge is 0.462 e. The topological polar surface area (TPSA) is 78.9 Å². The summed E-state index contributed by atoms with van der Waals surface area (Å²) < 4.78 is 16.8. The van der Waals surface area contributed by atoms with Gasteiger partial charge in [-0.15, -0.1) is 0 Å². The molecule has 0 aromatic carbocycles. The molecule has 0 radical (unpaired) electrons. The Kier molecular flexibility index (Phi) is 47.8. The van der Waals surface area contributed by atoms with Crippen LogP contribution in [0.1, 0.15) is 284 Å². The lowest BCUT2D eigenvalue weighted by molar-refractivity contribution is -0.167. The van der Waals surface area contributed by atoms with E-state index in [2.05, 4.69) is 45.1 Å². The van der Waals surface area contributed by atoms with Gasteiger partial charge in [-0.1, -0.05) is 218 Å².